The van der Waals surface area contributed by atoms with E-state index in [0.29, 0.717) is 12.6 Å². The van der Waals surface area contributed by atoms with Gasteiger partial charge in [0.1, 0.15) is 6.61 Å². The smallest absolute Gasteiger partial charge is 0.404 e. The van der Waals surface area contributed by atoms with Crippen LogP contribution >= 0.6 is 0 Å². The van der Waals surface area contributed by atoms with Gasteiger partial charge in [-0.05, 0) is 19.4 Å². The number of nitrogens with one attached hydrogen (secondary N) is 1. The van der Waals surface area contributed by atoms with E-state index >= 15 is 0 Å². The summed E-state index contributed by atoms with van der Waals surface area (Å²) in [6, 6.07) is 0.326. The van der Waals surface area contributed by atoms with Gasteiger partial charge in [-0.2, -0.15) is 0 Å². The standard InChI is InChI=1S/C6H12N2O2/c7-6(9)10-4-5-2-1-3-8-5/h5,8H,1-4H2,(H2,7,9). The fourth-order valence-electron chi connectivity index (χ4n) is 1.08. The summed E-state index contributed by atoms with van der Waals surface area (Å²) >= 11 is 0. The van der Waals surface area contributed by atoms with Crippen molar-refractivity contribution in [1.82, 2.24) is 5.32 Å². The predicted octanol–water partition coefficient (Wildman–Crippen LogP) is -0.166. The quantitative estimate of drug-likeness (QED) is 0.565. The van der Waals surface area contributed by atoms with Crippen LogP contribution in [0.2, 0.25) is 0 Å². The fourth-order valence-corrected chi connectivity index (χ4v) is 1.08. The molecule has 1 atom stereocenters. The molecule has 1 heterocycles. The van der Waals surface area contributed by atoms with Crippen LogP contribution in [0.25, 0.3) is 0 Å². The van der Waals surface area contributed by atoms with Gasteiger partial charge in [-0.15, -0.1) is 0 Å². The van der Waals surface area contributed by atoms with Crippen LogP contribution in [0.1, 0.15) is 12.8 Å². The Hall–Kier alpha value is -0.770. The van der Waals surface area contributed by atoms with Gasteiger partial charge >= 0.3 is 6.09 Å². The monoisotopic (exact) mass is 144 g/mol. The van der Waals surface area contributed by atoms with Crippen molar-refractivity contribution in [2.75, 3.05) is 13.2 Å². The molecule has 0 aromatic rings. The molecule has 0 aromatic carbocycles. The van der Waals surface area contributed by atoms with Crippen molar-refractivity contribution >= 4 is 6.09 Å². The molecule has 1 amide bonds. The molecule has 4 nitrogen and oxygen atoms in total. The van der Waals surface area contributed by atoms with E-state index in [1.54, 1.807) is 0 Å². The Kier molecular flexibility index (Phi) is 2.50. The second-order valence-electron chi connectivity index (χ2n) is 2.42. The molecule has 0 aliphatic carbocycles. The van der Waals surface area contributed by atoms with Gasteiger partial charge in [0, 0.05) is 6.04 Å². The minimum absolute atomic E-state index is 0.326. The molecule has 0 aromatic heterocycles. The van der Waals surface area contributed by atoms with Crippen molar-refractivity contribution in [1.29, 1.82) is 0 Å². The van der Waals surface area contributed by atoms with Crippen LogP contribution in [-0.4, -0.2) is 25.3 Å². The van der Waals surface area contributed by atoms with Crippen molar-refractivity contribution in [3.8, 4) is 0 Å². The van der Waals surface area contributed by atoms with Gasteiger partial charge in [-0.3, -0.25) is 0 Å². The van der Waals surface area contributed by atoms with Gasteiger partial charge < -0.3 is 15.8 Å². The van der Waals surface area contributed by atoms with Crippen molar-refractivity contribution in [3.05, 3.63) is 0 Å². The minimum atomic E-state index is -0.686. The number of hydrogen-bond donors (Lipinski definition) is 2. The maximum absolute atomic E-state index is 10.1. The zero-order valence-corrected chi connectivity index (χ0v) is 5.80. The number of rotatable bonds is 2. The Balaban J connectivity index is 2.07. The molecular formula is C6H12N2O2. The normalized spacial score (nSPS) is 24.6. The van der Waals surface area contributed by atoms with Gasteiger partial charge in [0.05, 0.1) is 0 Å². The molecular weight excluding hydrogens is 132 g/mol. The van der Waals surface area contributed by atoms with Crippen LogP contribution in [0.15, 0.2) is 0 Å². The zero-order valence-electron chi connectivity index (χ0n) is 5.80. The maximum atomic E-state index is 10.1. The lowest BCUT2D eigenvalue weighted by Crippen LogP contribution is -2.29. The van der Waals surface area contributed by atoms with Gasteiger partial charge in [0.15, 0.2) is 0 Å². The summed E-state index contributed by atoms with van der Waals surface area (Å²) in [7, 11) is 0. The molecule has 0 saturated carbocycles. The average Bonchev–Trinajstić information content (AvgIpc) is 2.34. The molecule has 0 spiro atoms. The summed E-state index contributed by atoms with van der Waals surface area (Å²) in [5, 5.41) is 3.18. The molecule has 10 heavy (non-hydrogen) atoms. The van der Waals surface area contributed by atoms with Crippen LogP contribution in [0.5, 0.6) is 0 Å². The topological polar surface area (TPSA) is 64.4 Å². The molecule has 3 N–H and O–H groups in total. The Morgan fingerprint density at radius 2 is 2.60 bits per heavy atom. The number of nitrogens with two attached hydrogens (primary N) is 1. The summed E-state index contributed by atoms with van der Waals surface area (Å²) in [6.45, 7) is 1.43. The molecule has 1 saturated heterocycles. The van der Waals surface area contributed by atoms with E-state index in [0.717, 1.165) is 19.4 Å². The highest BCUT2D eigenvalue weighted by Gasteiger charge is 2.14. The minimum Gasteiger partial charge on any atom is -0.448 e. The van der Waals surface area contributed by atoms with Crippen LogP contribution < -0.4 is 11.1 Å². The number of ether oxygens (including phenoxy) is 1. The molecule has 0 radical (unpaired) electrons. The van der Waals surface area contributed by atoms with E-state index in [2.05, 4.69) is 10.1 Å². The van der Waals surface area contributed by atoms with Crippen molar-refractivity contribution in [2.24, 2.45) is 5.73 Å². The molecule has 0 bridgehead atoms. The molecule has 1 unspecified atom stereocenters. The van der Waals surface area contributed by atoms with Crippen molar-refractivity contribution < 1.29 is 9.53 Å². The average molecular weight is 144 g/mol. The third kappa shape index (κ3) is 2.23. The molecule has 1 rings (SSSR count). The van der Waals surface area contributed by atoms with E-state index in [1.165, 1.54) is 0 Å². The highest BCUT2D eigenvalue weighted by molar-refractivity contribution is 5.64. The summed E-state index contributed by atoms with van der Waals surface area (Å²) in [5.41, 5.74) is 4.78. The Labute approximate surface area is 59.7 Å². The first-order valence-electron chi connectivity index (χ1n) is 3.44. The summed E-state index contributed by atoms with van der Waals surface area (Å²) in [6.07, 6.45) is 1.55. The molecule has 1 aliphatic heterocycles. The van der Waals surface area contributed by atoms with Crippen molar-refractivity contribution in [3.63, 3.8) is 0 Å². The third-order valence-corrected chi connectivity index (χ3v) is 1.59. The van der Waals surface area contributed by atoms with E-state index in [1.807, 2.05) is 0 Å². The number of amides is 1. The summed E-state index contributed by atoms with van der Waals surface area (Å²) in [4.78, 5) is 10.1. The molecule has 1 aliphatic rings. The van der Waals surface area contributed by atoms with Crippen molar-refractivity contribution in [2.45, 2.75) is 18.9 Å². The fraction of sp³-hybridized carbons (Fsp3) is 0.833. The third-order valence-electron chi connectivity index (χ3n) is 1.59. The van der Waals surface area contributed by atoms with Gasteiger partial charge in [-0.25, -0.2) is 4.79 Å². The van der Waals surface area contributed by atoms with E-state index in [-0.39, 0.29) is 0 Å². The highest BCUT2D eigenvalue weighted by Crippen LogP contribution is 2.04. The summed E-state index contributed by atoms with van der Waals surface area (Å²) in [5.74, 6) is 0. The zero-order chi connectivity index (χ0) is 7.40. The lowest BCUT2D eigenvalue weighted by atomic mass is 10.2. The Morgan fingerprint density at radius 3 is 3.10 bits per heavy atom. The van der Waals surface area contributed by atoms with Gasteiger partial charge in [-0.1, -0.05) is 0 Å². The number of carbonyl (C=O) groups is 1. The molecule has 1 fully saturated rings. The Morgan fingerprint density at radius 1 is 1.80 bits per heavy atom. The van der Waals surface area contributed by atoms with Crippen LogP contribution in [0.3, 0.4) is 0 Å². The number of primary amides is 1. The first-order valence-corrected chi connectivity index (χ1v) is 3.44. The van der Waals surface area contributed by atoms with E-state index < -0.39 is 6.09 Å². The number of carbonyl (C=O) groups excluding carboxylic acids is 1. The predicted molar refractivity (Wildman–Crippen MR) is 36.6 cm³/mol. The van der Waals surface area contributed by atoms with E-state index in [9.17, 15) is 4.79 Å². The largest absolute Gasteiger partial charge is 0.448 e. The molecule has 4 heteroatoms. The second-order valence-corrected chi connectivity index (χ2v) is 2.42. The Bertz CT molecular complexity index is 121. The molecule has 58 valence electrons. The second kappa shape index (κ2) is 3.41. The first kappa shape index (κ1) is 7.34. The van der Waals surface area contributed by atoms with Crippen LogP contribution in [-0.2, 0) is 4.74 Å². The lowest BCUT2D eigenvalue weighted by molar-refractivity contribution is 0.146. The SMILES string of the molecule is NC(=O)OCC1CCCN1. The maximum Gasteiger partial charge on any atom is 0.404 e. The van der Waals surface area contributed by atoms with Gasteiger partial charge in [0.2, 0.25) is 0 Å². The van der Waals surface area contributed by atoms with Crippen LogP contribution in [0.4, 0.5) is 4.79 Å². The number of hydrogen-bond acceptors (Lipinski definition) is 3. The van der Waals surface area contributed by atoms with Crippen LogP contribution in [0, 0.1) is 0 Å². The highest BCUT2D eigenvalue weighted by atomic mass is 16.5. The lowest BCUT2D eigenvalue weighted by Gasteiger charge is -2.07. The summed E-state index contributed by atoms with van der Waals surface area (Å²) < 4.78 is 4.60. The van der Waals surface area contributed by atoms with E-state index in [4.69, 9.17) is 5.73 Å². The van der Waals surface area contributed by atoms with Gasteiger partial charge in [0.25, 0.3) is 0 Å². The first-order chi connectivity index (χ1) is 4.79.